The van der Waals surface area contributed by atoms with Crippen molar-refractivity contribution in [2.45, 2.75) is 18.9 Å². The first-order chi connectivity index (χ1) is 4.68. The Labute approximate surface area is 65.0 Å². The van der Waals surface area contributed by atoms with Crippen molar-refractivity contribution in [2.24, 2.45) is 5.73 Å². The Morgan fingerprint density at radius 1 is 1.80 bits per heavy atom. The molecule has 0 heterocycles. The molecule has 10 heavy (non-hydrogen) atoms. The number of rotatable bonds is 5. The molecular weight excluding hydrogens is 149 g/mol. The molecule has 1 unspecified atom stereocenters. The molecule has 0 saturated heterocycles. The van der Waals surface area contributed by atoms with Gasteiger partial charge < -0.3 is 10.8 Å². The number of aliphatic carboxylic acids is 1. The van der Waals surface area contributed by atoms with Crippen molar-refractivity contribution in [2.75, 3.05) is 12.0 Å². The molecule has 0 amide bonds. The second-order valence-corrected chi connectivity index (χ2v) is 3.07. The van der Waals surface area contributed by atoms with Crippen LogP contribution in [0.5, 0.6) is 0 Å². The molecule has 0 aromatic heterocycles. The molecule has 0 aliphatic rings. The lowest BCUT2D eigenvalue weighted by Crippen LogP contribution is -2.29. The Morgan fingerprint density at radius 3 is 2.80 bits per heavy atom. The molecule has 0 saturated carbocycles. The maximum absolute atomic E-state index is 10.2. The minimum atomic E-state index is -0.902. The minimum Gasteiger partial charge on any atom is -0.480 e. The van der Waals surface area contributed by atoms with Crippen molar-refractivity contribution in [3.63, 3.8) is 0 Å². The second kappa shape index (κ2) is 5.56. The van der Waals surface area contributed by atoms with Gasteiger partial charge in [-0.3, -0.25) is 4.79 Å². The van der Waals surface area contributed by atoms with Gasteiger partial charge in [0.05, 0.1) is 0 Å². The zero-order chi connectivity index (χ0) is 7.98. The molecule has 0 aliphatic carbocycles. The van der Waals surface area contributed by atoms with Crippen LogP contribution in [0.2, 0.25) is 0 Å². The molecule has 0 radical (unpaired) electrons. The summed E-state index contributed by atoms with van der Waals surface area (Å²) in [5.41, 5.74) is 5.25. The Balaban J connectivity index is 3.21. The number of carboxylic acid groups (broad SMARTS) is 1. The van der Waals surface area contributed by atoms with E-state index in [4.69, 9.17) is 10.8 Å². The van der Waals surface area contributed by atoms with Gasteiger partial charge in [-0.25, -0.2) is 0 Å². The lowest BCUT2D eigenvalue weighted by Gasteiger charge is -2.03. The number of carbonyl (C=O) groups is 1. The van der Waals surface area contributed by atoms with E-state index >= 15 is 0 Å². The summed E-state index contributed by atoms with van der Waals surface area (Å²) < 4.78 is 0. The van der Waals surface area contributed by atoms with E-state index in [9.17, 15) is 4.79 Å². The van der Waals surface area contributed by atoms with E-state index in [-0.39, 0.29) is 0 Å². The largest absolute Gasteiger partial charge is 0.480 e. The molecule has 3 N–H and O–H groups in total. The van der Waals surface area contributed by atoms with Crippen molar-refractivity contribution in [3.8, 4) is 0 Å². The third kappa shape index (κ3) is 4.64. The van der Waals surface area contributed by atoms with Crippen LogP contribution in [0.4, 0.5) is 0 Å². The summed E-state index contributed by atoms with van der Waals surface area (Å²) in [6.45, 7) is 0. The fourth-order valence-corrected chi connectivity index (χ4v) is 1.03. The van der Waals surface area contributed by atoms with Crippen LogP contribution in [-0.2, 0) is 4.79 Å². The molecule has 0 bridgehead atoms. The Hall–Kier alpha value is -0.220. The monoisotopic (exact) mass is 162 g/mol. The van der Waals surface area contributed by atoms with Gasteiger partial charge in [-0.15, -0.1) is 0 Å². The highest BCUT2D eigenvalue weighted by Crippen LogP contribution is 2.01. The average molecular weight is 162 g/mol. The number of hydrogen-bond acceptors (Lipinski definition) is 3. The quantitative estimate of drug-likeness (QED) is 0.579. The van der Waals surface area contributed by atoms with Gasteiger partial charge in [-0.1, -0.05) is 0 Å². The normalized spacial score (nSPS) is 13.0. The summed E-state index contributed by atoms with van der Waals surface area (Å²) in [6, 6.07) is -0.674. The van der Waals surface area contributed by atoms with Crippen molar-refractivity contribution in [1.29, 1.82) is 0 Å². The Bertz CT molecular complexity index is 108. The Kier molecular flexibility index (Phi) is 5.43. The van der Waals surface area contributed by atoms with Gasteiger partial charge in [0.2, 0.25) is 0 Å². The predicted molar refractivity (Wildman–Crippen MR) is 43.2 cm³/mol. The van der Waals surface area contributed by atoms with Crippen LogP contribution in [-0.4, -0.2) is 29.1 Å². The van der Waals surface area contributed by atoms with Gasteiger partial charge in [0.1, 0.15) is 6.04 Å². The summed E-state index contributed by atoms with van der Waals surface area (Å²) in [6.07, 6.45) is 3.46. The van der Waals surface area contributed by atoms with E-state index < -0.39 is 12.0 Å². The van der Waals surface area contributed by atoms with Crippen LogP contribution in [0.15, 0.2) is 0 Å². The van der Waals surface area contributed by atoms with E-state index in [1.807, 2.05) is 6.26 Å². The molecule has 0 rings (SSSR count). The maximum atomic E-state index is 10.2. The van der Waals surface area contributed by atoms with Crippen molar-refractivity contribution in [3.05, 3.63) is 0 Å². The zero-order valence-corrected chi connectivity index (χ0v) is 6.86. The van der Waals surface area contributed by atoms with Crippen LogP contribution in [0, 0.1) is 0 Å². The van der Waals surface area contributed by atoms with Crippen LogP contribution in [0.25, 0.3) is 0 Å². The molecule has 3 nitrogen and oxygen atoms in total. The smallest absolute Gasteiger partial charge is 0.320 e. The summed E-state index contributed by atoms with van der Waals surface area (Å²) in [5.74, 6) is 0.0853. The van der Waals surface area contributed by atoms with E-state index in [2.05, 4.69) is 0 Å². The van der Waals surface area contributed by atoms with Gasteiger partial charge >= 0.3 is 5.97 Å². The van der Waals surface area contributed by atoms with E-state index in [0.29, 0.717) is 6.42 Å². The first kappa shape index (κ1) is 9.78. The van der Waals surface area contributed by atoms with Crippen LogP contribution in [0.1, 0.15) is 12.8 Å². The SMILES string of the molecule is CSCCCC([13NH2])C(=O)O. The van der Waals surface area contributed by atoms with E-state index in [1.165, 1.54) is 0 Å². The number of nitrogens with two attached hydrogens (primary N) is 1. The number of hydrogen-bond donors (Lipinski definition) is 2. The standard InChI is InChI=1S/C6H13NO2S/c1-10-4-2-3-5(7)6(8)9/h5H,2-4,7H2,1H3,(H,8,9)/i7-1. The fourth-order valence-electron chi connectivity index (χ4n) is 0.571. The van der Waals surface area contributed by atoms with E-state index in [1.54, 1.807) is 11.8 Å². The van der Waals surface area contributed by atoms with Crippen molar-refractivity contribution in [1.82, 2.24) is 0 Å². The molecule has 0 spiro atoms. The third-order valence-corrected chi connectivity index (χ3v) is 1.88. The van der Waals surface area contributed by atoms with Crippen LogP contribution >= 0.6 is 11.8 Å². The second-order valence-electron chi connectivity index (χ2n) is 2.08. The van der Waals surface area contributed by atoms with Gasteiger partial charge in [0.15, 0.2) is 0 Å². The highest BCUT2D eigenvalue weighted by atomic mass is 32.2. The van der Waals surface area contributed by atoms with Crippen LogP contribution in [0.3, 0.4) is 0 Å². The fraction of sp³-hybridized carbons (Fsp3) is 0.833. The lowest BCUT2D eigenvalue weighted by atomic mass is 10.1. The first-order valence-corrected chi connectivity index (χ1v) is 4.55. The van der Waals surface area contributed by atoms with Crippen molar-refractivity contribution >= 4 is 17.7 Å². The lowest BCUT2D eigenvalue weighted by molar-refractivity contribution is -0.138. The number of thioether (sulfide) groups is 1. The predicted octanol–water partition coefficient (Wildman–Crippen LogP) is 0.542. The summed E-state index contributed by atoms with van der Waals surface area (Å²) in [7, 11) is 0. The third-order valence-electron chi connectivity index (χ3n) is 1.18. The van der Waals surface area contributed by atoms with Gasteiger partial charge in [-0.05, 0) is 24.9 Å². The van der Waals surface area contributed by atoms with Gasteiger partial charge in [0.25, 0.3) is 0 Å². The van der Waals surface area contributed by atoms with Crippen molar-refractivity contribution < 1.29 is 9.90 Å². The summed E-state index contributed by atoms with van der Waals surface area (Å²) in [5, 5.41) is 8.35. The molecule has 0 aromatic carbocycles. The van der Waals surface area contributed by atoms with Crippen LogP contribution < -0.4 is 5.73 Å². The minimum absolute atomic E-state index is 0.580. The molecule has 0 aromatic rings. The summed E-state index contributed by atoms with van der Waals surface area (Å²) in [4.78, 5) is 10.2. The van der Waals surface area contributed by atoms with Gasteiger partial charge in [-0.2, -0.15) is 11.8 Å². The highest BCUT2D eigenvalue weighted by molar-refractivity contribution is 7.98. The van der Waals surface area contributed by atoms with E-state index in [0.717, 1.165) is 12.2 Å². The topological polar surface area (TPSA) is 63.3 Å². The zero-order valence-electron chi connectivity index (χ0n) is 6.04. The Morgan fingerprint density at radius 2 is 2.40 bits per heavy atom. The molecule has 4 heteroatoms. The molecule has 1 atom stereocenters. The molecule has 0 fully saturated rings. The summed E-state index contributed by atoms with van der Waals surface area (Å²) >= 11 is 1.71. The molecule has 0 aliphatic heterocycles. The number of carboxylic acids is 1. The first-order valence-electron chi connectivity index (χ1n) is 3.15. The average Bonchev–Trinajstić information content (AvgIpc) is 1.88. The highest BCUT2D eigenvalue weighted by Gasteiger charge is 2.09. The molecule has 60 valence electrons. The maximum Gasteiger partial charge on any atom is 0.320 e. The molecular formula is C6H13NO2S. The van der Waals surface area contributed by atoms with Gasteiger partial charge in [0, 0.05) is 0 Å².